The molecule has 0 radical (unpaired) electrons. The number of aromatic nitrogens is 3. The standard InChI is InChI=1S/C23H14ClN3O2/c24-16-12-15(11-14-7-4-9-25-20(14)16)18-21(13-5-2-1-3-6-13)27-23-19(22(18)29)17(28)8-10-26-23/h1-12H,(H2,26,27,28,29). The van der Waals surface area contributed by atoms with Gasteiger partial charge in [0.1, 0.15) is 16.8 Å². The number of H-pyrrole nitrogens is 1. The Morgan fingerprint density at radius 3 is 2.62 bits per heavy atom. The molecule has 5 aromatic rings. The molecule has 0 aliphatic rings. The van der Waals surface area contributed by atoms with Crippen LogP contribution in [0.15, 0.2) is 77.9 Å². The van der Waals surface area contributed by atoms with Crippen molar-refractivity contribution in [2.45, 2.75) is 0 Å². The second-order valence-corrected chi connectivity index (χ2v) is 7.06. The first-order valence-electron chi connectivity index (χ1n) is 8.98. The number of pyridine rings is 3. The topological polar surface area (TPSA) is 78.9 Å². The molecule has 5 rings (SSSR count). The SMILES string of the molecule is O=c1cc[nH]c2nc(-c3ccccc3)c(-c3cc(Cl)c4ncccc4c3)c(O)c12. The maximum absolute atomic E-state index is 12.5. The zero-order chi connectivity index (χ0) is 20.0. The fourth-order valence-corrected chi connectivity index (χ4v) is 3.84. The summed E-state index contributed by atoms with van der Waals surface area (Å²) in [7, 11) is 0. The smallest absolute Gasteiger partial charge is 0.194 e. The predicted octanol–water partition coefficient (Wildman–Crippen LogP) is 5.16. The van der Waals surface area contributed by atoms with E-state index in [0.717, 1.165) is 10.9 Å². The summed E-state index contributed by atoms with van der Waals surface area (Å²) in [5.74, 6) is -0.130. The lowest BCUT2D eigenvalue weighted by molar-refractivity contribution is 0.483. The van der Waals surface area contributed by atoms with Crippen molar-refractivity contribution in [3.63, 3.8) is 0 Å². The van der Waals surface area contributed by atoms with Crippen LogP contribution in [0, 0.1) is 0 Å². The monoisotopic (exact) mass is 399 g/mol. The summed E-state index contributed by atoms with van der Waals surface area (Å²) in [6, 6.07) is 18.2. The van der Waals surface area contributed by atoms with Crippen molar-refractivity contribution in [1.29, 1.82) is 0 Å². The van der Waals surface area contributed by atoms with E-state index >= 15 is 0 Å². The number of nitrogens with zero attached hydrogens (tertiary/aromatic N) is 2. The van der Waals surface area contributed by atoms with Crippen LogP contribution in [0.3, 0.4) is 0 Å². The summed E-state index contributed by atoms with van der Waals surface area (Å²) >= 11 is 6.48. The second-order valence-electron chi connectivity index (χ2n) is 6.65. The normalized spacial score (nSPS) is 11.2. The highest BCUT2D eigenvalue weighted by Gasteiger charge is 2.20. The number of aromatic amines is 1. The molecular formula is C23H14ClN3O2. The lowest BCUT2D eigenvalue weighted by atomic mass is 9.95. The quantitative estimate of drug-likeness (QED) is 0.429. The van der Waals surface area contributed by atoms with Crippen LogP contribution in [0.25, 0.3) is 44.3 Å². The molecule has 0 fully saturated rings. The molecule has 0 saturated heterocycles. The molecule has 2 N–H and O–H groups in total. The predicted molar refractivity (Wildman–Crippen MR) is 115 cm³/mol. The molecule has 0 bridgehead atoms. The first kappa shape index (κ1) is 17.4. The molecule has 3 heterocycles. The minimum absolute atomic E-state index is 0.130. The summed E-state index contributed by atoms with van der Waals surface area (Å²) in [4.78, 5) is 24.4. The van der Waals surface area contributed by atoms with Crippen LogP contribution in [0.1, 0.15) is 0 Å². The third kappa shape index (κ3) is 2.83. The Bertz CT molecular complexity index is 1450. The molecule has 0 aliphatic heterocycles. The molecule has 3 aromatic heterocycles. The Morgan fingerprint density at radius 1 is 0.966 bits per heavy atom. The van der Waals surface area contributed by atoms with Gasteiger partial charge >= 0.3 is 0 Å². The Morgan fingerprint density at radius 2 is 1.79 bits per heavy atom. The zero-order valence-corrected chi connectivity index (χ0v) is 15.8. The number of fused-ring (bicyclic) bond motifs is 2. The summed E-state index contributed by atoms with van der Waals surface area (Å²) in [5.41, 5.74) is 3.16. The molecule has 6 heteroatoms. The van der Waals surface area contributed by atoms with Gasteiger partial charge in [0, 0.05) is 29.4 Å². The van der Waals surface area contributed by atoms with Gasteiger partial charge in [0.15, 0.2) is 5.43 Å². The van der Waals surface area contributed by atoms with E-state index in [0.29, 0.717) is 33.0 Å². The van der Waals surface area contributed by atoms with Gasteiger partial charge in [0.05, 0.1) is 21.8 Å². The number of halogens is 1. The van der Waals surface area contributed by atoms with Crippen molar-refractivity contribution < 1.29 is 5.11 Å². The fraction of sp³-hybridized carbons (Fsp3) is 0. The van der Waals surface area contributed by atoms with Gasteiger partial charge in [-0.1, -0.05) is 48.0 Å². The molecule has 29 heavy (non-hydrogen) atoms. The van der Waals surface area contributed by atoms with Gasteiger partial charge in [0.2, 0.25) is 0 Å². The van der Waals surface area contributed by atoms with Gasteiger partial charge in [-0.2, -0.15) is 0 Å². The van der Waals surface area contributed by atoms with Gasteiger partial charge in [-0.15, -0.1) is 0 Å². The first-order chi connectivity index (χ1) is 14.1. The van der Waals surface area contributed by atoms with Crippen molar-refractivity contribution in [3.8, 4) is 28.1 Å². The molecule has 0 saturated carbocycles. The highest BCUT2D eigenvalue weighted by Crippen LogP contribution is 2.42. The van der Waals surface area contributed by atoms with Crippen LogP contribution >= 0.6 is 11.6 Å². The number of rotatable bonds is 2. The van der Waals surface area contributed by atoms with Crippen molar-refractivity contribution in [1.82, 2.24) is 15.0 Å². The summed E-state index contributed by atoms with van der Waals surface area (Å²) < 4.78 is 0. The minimum atomic E-state index is -0.307. The molecule has 2 aromatic carbocycles. The van der Waals surface area contributed by atoms with E-state index < -0.39 is 0 Å². The number of nitrogens with one attached hydrogen (secondary N) is 1. The Hall–Kier alpha value is -3.70. The average Bonchev–Trinajstić information content (AvgIpc) is 2.74. The minimum Gasteiger partial charge on any atom is -0.506 e. The third-order valence-electron chi connectivity index (χ3n) is 4.87. The molecule has 0 atom stereocenters. The molecule has 5 nitrogen and oxygen atoms in total. The van der Waals surface area contributed by atoms with E-state index in [9.17, 15) is 9.90 Å². The van der Waals surface area contributed by atoms with Crippen LogP contribution in [0.5, 0.6) is 5.75 Å². The van der Waals surface area contributed by atoms with Crippen LogP contribution in [-0.4, -0.2) is 20.1 Å². The molecule has 140 valence electrons. The number of hydrogen-bond donors (Lipinski definition) is 2. The van der Waals surface area contributed by atoms with E-state index in [4.69, 9.17) is 11.6 Å². The number of benzene rings is 2. The molecule has 0 amide bonds. The van der Waals surface area contributed by atoms with Crippen LogP contribution < -0.4 is 5.43 Å². The Balaban J connectivity index is 1.93. The maximum atomic E-state index is 12.5. The van der Waals surface area contributed by atoms with E-state index in [1.54, 1.807) is 12.3 Å². The van der Waals surface area contributed by atoms with Crippen molar-refractivity contribution in [2.75, 3.05) is 0 Å². The van der Waals surface area contributed by atoms with Gasteiger partial charge in [-0.3, -0.25) is 9.78 Å². The highest BCUT2D eigenvalue weighted by molar-refractivity contribution is 6.35. The summed E-state index contributed by atoms with van der Waals surface area (Å²) in [5, 5.41) is 12.6. The fourth-order valence-electron chi connectivity index (χ4n) is 3.56. The number of hydrogen-bond acceptors (Lipinski definition) is 4. The van der Waals surface area contributed by atoms with Crippen LogP contribution in [0.2, 0.25) is 5.02 Å². The summed E-state index contributed by atoms with van der Waals surface area (Å²) in [6.07, 6.45) is 3.20. The summed E-state index contributed by atoms with van der Waals surface area (Å²) in [6.45, 7) is 0. The van der Waals surface area contributed by atoms with Crippen molar-refractivity contribution in [2.24, 2.45) is 0 Å². The van der Waals surface area contributed by atoms with E-state index in [2.05, 4.69) is 15.0 Å². The zero-order valence-electron chi connectivity index (χ0n) is 15.1. The molecule has 0 unspecified atom stereocenters. The maximum Gasteiger partial charge on any atom is 0.194 e. The Kier molecular flexibility index (Phi) is 4.03. The second kappa shape index (κ2) is 6.72. The van der Waals surface area contributed by atoms with Crippen molar-refractivity contribution >= 4 is 33.5 Å². The van der Waals surface area contributed by atoms with Crippen molar-refractivity contribution in [3.05, 3.63) is 88.3 Å². The van der Waals surface area contributed by atoms with Gasteiger partial charge in [-0.05, 0) is 23.8 Å². The van der Waals surface area contributed by atoms with Crippen LogP contribution in [0.4, 0.5) is 0 Å². The highest BCUT2D eigenvalue weighted by atomic mass is 35.5. The third-order valence-corrected chi connectivity index (χ3v) is 5.15. The Labute approximate surface area is 170 Å². The largest absolute Gasteiger partial charge is 0.506 e. The molecular weight excluding hydrogens is 386 g/mol. The molecule has 0 aliphatic carbocycles. The number of aromatic hydroxyl groups is 1. The van der Waals surface area contributed by atoms with E-state index in [1.165, 1.54) is 12.3 Å². The average molecular weight is 400 g/mol. The van der Waals surface area contributed by atoms with Crippen LogP contribution in [-0.2, 0) is 0 Å². The van der Waals surface area contributed by atoms with E-state index in [-0.39, 0.29) is 16.6 Å². The van der Waals surface area contributed by atoms with Gasteiger partial charge in [0.25, 0.3) is 0 Å². The van der Waals surface area contributed by atoms with Gasteiger partial charge < -0.3 is 10.1 Å². The van der Waals surface area contributed by atoms with E-state index in [1.807, 2.05) is 48.5 Å². The lowest BCUT2D eigenvalue weighted by Crippen LogP contribution is -2.04. The first-order valence-corrected chi connectivity index (χ1v) is 9.36. The molecule has 0 spiro atoms. The van der Waals surface area contributed by atoms with Gasteiger partial charge in [-0.25, -0.2) is 4.98 Å². The lowest BCUT2D eigenvalue weighted by Gasteiger charge is -2.14.